The summed E-state index contributed by atoms with van der Waals surface area (Å²) in [6, 6.07) is 8.69. The van der Waals surface area contributed by atoms with Crippen LogP contribution < -0.4 is 5.32 Å². The molecule has 0 spiro atoms. The summed E-state index contributed by atoms with van der Waals surface area (Å²) in [7, 11) is 0. The van der Waals surface area contributed by atoms with E-state index in [2.05, 4.69) is 45.2 Å². The Bertz CT molecular complexity index is 667. The van der Waals surface area contributed by atoms with Crippen molar-refractivity contribution in [1.29, 1.82) is 0 Å². The van der Waals surface area contributed by atoms with Crippen LogP contribution in [0.4, 0.5) is 0 Å². The first-order valence-corrected chi connectivity index (χ1v) is 8.72. The molecular weight excluding hydrogens is 342 g/mol. The van der Waals surface area contributed by atoms with E-state index in [0.29, 0.717) is 12.6 Å². The molecule has 1 aliphatic heterocycles. The Morgan fingerprint density at radius 3 is 3.09 bits per heavy atom. The monoisotopic (exact) mass is 363 g/mol. The topological polar surface area (TPSA) is 37.3 Å². The second-order valence-electron chi connectivity index (χ2n) is 5.88. The van der Waals surface area contributed by atoms with Crippen LogP contribution in [0, 0.1) is 0 Å². The lowest BCUT2D eigenvalue weighted by Gasteiger charge is -2.22. The Morgan fingerprint density at radius 1 is 1.41 bits per heavy atom. The molecule has 22 heavy (non-hydrogen) atoms. The van der Waals surface area contributed by atoms with E-state index in [0.717, 1.165) is 35.0 Å². The van der Waals surface area contributed by atoms with Crippen molar-refractivity contribution in [2.45, 2.75) is 32.4 Å². The zero-order chi connectivity index (χ0) is 15.5. The van der Waals surface area contributed by atoms with Crippen LogP contribution in [-0.4, -0.2) is 41.1 Å². The zero-order valence-corrected chi connectivity index (χ0v) is 14.5. The van der Waals surface area contributed by atoms with E-state index < -0.39 is 0 Å². The average molecular weight is 364 g/mol. The van der Waals surface area contributed by atoms with Crippen LogP contribution in [0.2, 0.25) is 0 Å². The van der Waals surface area contributed by atoms with Gasteiger partial charge in [0.25, 0.3) is 0 Å². The van der Waals surface area contributed by atoms with Gasteiger partial charge >= 0.3 is 0 Å². The van der Waals surface area contributed by atoms with Crippen molar-refractivity contribution >= 4 is 32.7 Å². The van der Waals surface area contributed by atoms with E-state index in [9.17, 15) is 4.79 Å². The standard InChI is InChI=1S/C17H22BrN3O/c1-2-20-8-3-4-15(20)11-19-17(22)12-21-9-7-13-5-6-14(18)10-16(13)21/h5-7,9-10,15H,2-4,8,11-12H2,1H3,(H,19,22)/t15-/m0/s1. The molecule has 1 aromatic heterocycles. The highest BCUT2D eigenvalue weighted by Crippen LogP contribution is 2.21. The molecule has 0 radical (unpaired) electrons. The van der Waals surface area contributed by atoms with Crippen molar-refractivity contribution in [3.05, 3.63) is 34.9 Å². The molecule has 3 rings (SSSR count). The zero-order valence-electron chi connectivity index (χ0n) is 12.9. The number of nitrogens with zero attached hydrogens (tertiary/aromatic N) is 2. The lowest BCUT2D eigenvalue weighted by atomic mass is 10.2. The maximum atomic E-state index is 12.2. The summed E-state index contributed by atoms with van der Waals surface area (Å²) in [4.78, 5) is 14.7. The van der Waals surface area contributed by atoms with Crippen LogP contribution in [0.5, 0.6) is 0 Å². The van der Waals surface area contributed by atoms with E-state index in [1.54, 1.807) is 0 Å². The molecule has 1 N–H and O–H groups in total. The van der Waals surface area contributed by atoms with Gasteiger partial charge in [-0.3, -0.25) is 9.69 Å². The fourth-order valence-corrected chi connectivity index (χ4v) is 3.63. The first kappa shape index (κ1) is 15.6. The summed E-state index contributed by atoms with van der Waals surface area (Å²) >= 11 is 3.49. The number of carbonyl (C=O) groups is 1. The molecule has 4 nitrogen and oxygen atoms in total. The van der Waals surface area contributed by atoms with E-state index in [-0.39, 0.29) is 5.91 Å². The lowest BCUT2D eigenvalue weighted by Crippen LogP contribution is -2.40. The molecule has 1 amide bonds. The Kier molecular flexibility index (Phi) is 4.84. The van der Waals surface area contributed by atoms with E-state index >= 15 is 0 Å². The number of benzene rings is 1. The van der Waals surface area contributed by atoms with Crippen LogP contribution in [0.3, 0.4) is 0 Å². The molecule has 2 heterocycles. The van der Waals surface area contributed by atoms with Crippen LogP contribution in [0.1, 0.15) is 19.8 Å². The minimum absolute atomic E-state index is 0.0837. The van der Waals surface area contributed by atoms with Gasteiger partial charge in [-0.15, -0.1) is 0 Å². The summed E-state index contributed by atoms with van der Waals surface area (Å²) in [5.41, 5.74) is 1.08. The number of nitrogens with one attached hydrogen (secondary N) is 1. The largest absolute Gasteiger partial charge is 0.353 e. The normalized spacial score (nSPS) is 18.9. The fraction of sp³-hybridized carbons (Fsp3) is 0.471. The average Bonchev–Trinajstić information content (AvgIpc) is 3.12. The molecule has 1 aliphatic rings. The number of halogens is 1. The summed E-state index contributed by atoms with van der Waals surface area (Å²) < 4.78 is 3.03. The van der Waals surface area contributed by atoms with E-state index in [1.165, 1.54) is 12.8 Å². The molecule has 0 saturated carbocycles. The maximum absolute atomic E-state index is 12.2. The van der Waals surface area contributed by atoms with Gasteiger partial charge in [0.2, 0.25) is 5.91 Å². The molecule has 0 aliphatic carbocycles. The van der Waals surface area contributed by atoms with Crippen molar-refractivity contribution in [2.75, 3.05) is 19.6 Å². The molecule has 5 heteroatoms. The van der Waals surface area contributed by atoms with Gasteiger partial charge in [0.05, 0.1) is 0 Å². The molecule has 1 fully saturated rings. The minimum Gasteiger partial charge on any atom is -0.353 e. The van der Waals surface area contributed by atoms with Crippen molar-refractivity contribution in [1.82, 2.24) is 14.8 Å². The van der Waals surface area contributed by atoms with Crippen LogP contribution >= 0.6 is 15.9 Å². The molecule has 2 aromatic rings. The third kappa shape index (κ3) is 3.36. The van der Waals surface area contributed by atoms with Gasteiger partial charge in [0.1, 0.15) is 6.54 Å². The molecule has 1 atom stereocenters. The molecule has 0 bridgehead atoms. The number of carbonyl (C=O) groups excluding carboxylic acids is 1. The Labute approximate surface area is 139 Å². The van der Waals surface area contributed by atoms with E-state index in [1.807, 2.05) is 22.9 Å². The summed E-state index contributed by atoms with van der Waals surface area (Å²) in [5, 5.41) is 4.25. The number of likely N-dealkylation sites (tertiary alicyclic amines) is 1. The number of aromatic nitrogens is 1. The molecular formula is C17H22BrN3O. The smallest absolute Gasteiger partial charge is 0.239 e. The maximum Gasteiger partial charge on any atom is 0.239 e. The second-order valence-corrected chi connectivity index (χ2v) is 6.79. The first-order chi connectivity index (χ1) is 10.7. The molecule has 118 valence electrons. The van der Waals surface area contributed by atoms with Crippen molar-refractivity contribution in [3.63, 3.8) is 0 Å². The summed E-state index contributed by atoms with van der Waals surface area (Å²) in [6.07, 6.45) is 4.41. The Balaban J connectivity index is 1.60. The highest BCUT2D eigenvalue weighted by atomic mass is 79.9. The highest BCUT2D eigenvalue weighted by Gasteiger charge is 2.23. The SMILES string of the molecule is CCN1CCC[C@H]1CNC(=O)Cn1ccc2ccc(Br)cc21. The number of likely N-dealkylation sites (N-methyl/N-ethyl adjacent to an activating group) is 1. The number of hydrogen-bond donors (Lipinski definition) is 1. The van der Waals surface area contributed by atoms with Crippen molar-refractivity contribution in [2.24, 2.45) is 0 Å². The van der Waals surface area contributed by atoms with Gasteiger partial charge in [-0.2, -0.15) is 0 Å². The molecule has 1 aromatic carbocycles. The van der Waals surface area contributed by atoms with Gasteiger partial charge in [-0.25, -0.2) is 0 Å². The predicted molar refractivity (Wildman–Crippen MR) is 92.9 cm³/mol. The van der Waals surface area contributed by atoms with Gasteiger partial charge in [-0.1, -0.05) is 28.9 Å². The lowest BCUT2D eigenvalue weighted by molar-refractivity contribution is -0.121. The highest BCUT2D eigenvalue weighted by molar-refractivity contribution is 9.10. The third-order valence-electron chi connectivity index (χ3n) is 4.49. The number of amides is 1. The Hall–Kier alpha value is -1.33. The van der Waals surface area contributed by atoms with Gasteiger partial charge in [0.15, 0.2) is 0 Å². The van der Waals surface area contributed by atoms with Gasteiger partial charge in [-0.05, 0) is 49.5 Å². The number of rotatable bonds is 5. The quantitative estimate of drug-likeness (QED) is 0.886. The van der Waals surface area contributed by atoms with Crippen molar-refractivity contribution in [3.8, 4) is 0 Å². The molecule has 0 unspecified atom stereocenters. The van der Waals surface area contributed by atoms with Crippen LogP contribution in [0.25, 0.3) is 10.9 Å². The first-order valence-electron chi connectivity index (χ1n) is 7.92. The summed E-state index contributed by atoms with van der Waals surface area (Å²) in [6.45, 7) is 5.54. The number of hydrogen-bond acceptors (Lipinski definition) is 2. The Morgan fingerprint density at radius 2 is 2.27 bits per heavy atom. The van der Waals surface area contributed by atoms with Crippen LogP contribution in [-0.2, 0) is 11.3 Å². The van der Waals surface area contributed by atoms with E-state index in [4.69, 9.17) is 0 Å². The van der Waals surface area contributed by atoms with Gasteiger partial charge < -0.3 is 9.88 Å². The number of fused-ring (bicyclic) bond motifs is 1. The van der Waals surface area contributed by atoms with Gasteiger partial charge in [0, 0.05) is 28.8 Å². The van der Waals surface area contributed by atoms with Crippen LogP contribution in [0.15, 0.2) is 34.9 Å². The van der Waals surface area contributed by atoms with Crippen molar-refractivity contribution < 1.29 is 4.79 Å². The molecule has 1 saturated heterocycles. The fourth-order valence-electron chi connectivity index (χ4n) is 3.28. The predicted octanol–water partition coefficient (Wildman–Crippen LogP) is 3.00. The second kappa shape index (κ2) is 6.84. The summed E-state index contributed by atoms with van der Waals surface area (Å²) in [5.74, 6) is 0.0837. The third-order valence-corrected chi connectivity index (χ3v) is 4.98. The minimum atomic E-state index is 0.0837.